The molecule has 0 spiro atoms. The zero-order valence-electron chi connectivity index (χ0n) is 15.7. The van der Waals surface area contributed by atoms with Gasteiger partial charge in [0.25, 0.3) is 0 Å². The maximum Gasteiger partial charge on any atom is 0.243 e. The largest absolute Gasteiger partial charge is 0.497 e. The lowest BCUT2D eigenvalue weighted by atomic mass is 10.2. The number of amides is 1. The fourth-order valence-corrected chi connectivity index (χ4v) is 3.95. The average Bonchev–Trinajstić information content (AvgIpc) is 2.62. The van der Waals surface area contributed by atoms with Crippen molar-refractivity contribution in [1.82, 2.24) is 5.32 Å². The smallest absolute Gasteiger partial charge is 0.243 e. The number of sulfonamides is 1. The summed E-state index contributed by atoms with van der Waals surface area (Å²) in [5.74, 6) is 0.311. The van der Waals surface area contributed by atoms with E-state index in [4.69, 9.17) is 16.3 Å². The molecule has 1 amide bonds. The molecule has 0 saturated heterocycles. The molecular formula is C19H23ClN2O4S. The molecule has 0 aliphatic rings. The van der Waals surface area contributed by atoms with E-state index in [-0.39, 0.29) is 6.54 Å². The van der Waals surface area contributed by atoms with Crippen LogP contribution < -0.4 is 14.4 Å². The van der Waals surface area contributed by atoms with Crippen LogP contribution in [-0.4, -0.2) is 33.7 Å². The zero-order chi connectivity index (χ0) is 20.2. The molecule has 1 N–H and O–H groups in total. The van der Waals surface area contributed by atoms with Gasteiger partial charge in [-0.1, -0.05) is 29.8 Å². The molecule has 8 heteroatoms. The topological polar surface area (TPSA) is 75.7 Å². The van der Waals surface area contributed by atoms with Crippen molar-refractivity contribution in [1.29, 1.82) is 0 Å². The molecule has 2 aromatic carbocycles. The number of nitrogens with one attached hydrogen (secondary N) is 1. The molecule has 2 aromatic rings. The monoisotopic (exact) mass is 410 g/mol. The van der Waals surface area contributed by atoms with E-state index in [2.05, 4.69) is 5.32 Å². The average molecular weight is 411 g/mol. The van der Waals surface area contributed by atoms with Crippen molar-refractivity contribution in [2.24, 2.45) is 0 Å². The molecule has 146 valence electrons. The Labute approximate surface area is 165 Å². The maximum absolute atomic E-state index is 12.6. The summed E-state index contributed by atoms with van der Waals surface area (Å²) in [5, 5.41) is 3.20. The third kappa shape index (κ3) is 5.37. The van der Waals surface area contributed by atoms with Crippen LogP contribution in [0.25, 0.3) is 0 Å². The van der Waals surface area contributed by atoms with Gasteiger partial charge in [0, 0.05) is 11.6 Å². The highest BCUT2D eigenvalue weighted by molar-refractivity contribution is 7.92. The summed E-state index contributed by atoms with van der Waals surface area (Å²) in [6, 6.07) is 11.2. The summed E-state index contributed by atoms with van der Waals surface area (Å²) >= 11 is 6.13. The number of halogens is 1. The first-order valence-corrected chi connectivity index (χ1v) is 10.5. The molecular weight excluding hydrogens is 388 g/mol. The number of hydrogen-bond acceptors (Lipinski definition) is 4. The van der Waals surface area contributed by atoms with Crippen molar-refractivity contribution in [3.05, 3.63) is 58.6 Å². The maximum atomic E-state index is 12.6. The molecule has 0 fully saturated rings. The van der Waals surface area contributed by atoms with E-state index in [0.29, 0.717) is 10.7 Å². The molecule has 1 atom stereocenters. The van der Waals surface area contributed by atoms with Crippen molar-refractivity contribution < 1.29 is 17.9 Å². The number of carbonyl (C=O) groups is 1. The number of methoxy groups -OCH3 is 1. The van der Waals surface area contributed by atoms with Crippen LogP contribution in [0.4, 0.5) is 5.69 Å². The Morgan fingerprint density at radius 1 is 1.22 bits per heavy atom. The molecule has 0 aromatic heterocycles. The van der Waals surface area contributed by atoms with Gasteiger partial charge in [0.1, 0.15) is 11.8 Å². The third-order valence-electron chi connectivity index (χ3n) is 4.12. The van der Waals surface area contributed by atoms with Crippen LogP contribution in [0.5, 0.6) is 5.75 Å². The van der Waals surface area contributed by atoms with E-state index in [1.54, 1.807) is 37.4 Å². The second-order valence-corrected chi connectivity index (χ2v) is 8.50. The lowest BCUT2D eigenvalue weighted by Gasteiger charge is -2.28. The van der Waals surface area contributed by atoms with Crippen LogP contribution in [0.15, 0.2) is 42.5 Å². The minimum atomic E-state index is -3.69. The predicted molar refractivity (Wildman–Crippen MR) is 108 cm³/mol. The quantitative estimate of drug-likeness (QED) is 0.760. The first-order chi connectivity index (χ1) is 12.6. The Kier molecular flexibility index (Phi) is 6.73. The summed E-state index contributed by atoms with van der Waals surface area (Å²) in [4.78, 5) is 12.6. The fraction of sp³-hybridized carbons (Fsp3) is 0.316. The van der Waals surface area contributed by atoms with Crippen molar-refractivity contribution in [2.45, 2.75) is 26.4 Å². The highest BCUT2D eigenvalue weighted by Gasteiger charge is 2.29. The van der Waals surface area contributed by atoms with Gasteiger partial charge in [-0.05, 0) is 49.2 Å². The van der Waals surface area contributed by atoms with Crippen LogP contribution in [0.3, 0.4) is 0 Å². The highest BCUT2D eigenvalue weighted by atomic mass is 35.5. The van der Waals surface area contributed by atoms with E-state index >= 15 is 0 Å². The summed E-state index contributed by atoms with van der Waals surface area (Å²) in [7, 11) is -2.11. The number of ether oxygens (including phenoxy) is 1. The SMILES string of the molecule is COc1ccc(CNC(=O)[C@H](C)N(c2ccc(C)c(Cl)c2)S(C)(=O)=O)cc1. The van der Waals surface area contributed by atoms with Crippen molar-refractivity contribution in [3.63, 3.8) is 0 Å². The second-order valence-electron chi connectivity index (χ2n) is 6.23. The molecule has 0 unspecified atom stereocenters. The summed E-state index contributed by atoms with van der Waals surface area (Å²) in [6.45, 7) is 3.64. The number of carbonyl (C=O) groups excluding carboxylic acids is 1. The zero-order valence-corrected chi connectivity index (χ0v) is 17.3. The van der Waals surface area contributed by atoms with Gasteiger partial charge >= 0.3 is 0 Å². The van der Waals surface area contributed by atoms with Gasteiger partial charge in [-0.15, -0.1) is 0 Å². The summed E-state index contributed by atoms with van der Waals surface area (Å²) in [6.07, 6.45) is 1.06. The molecule has 0 aliphatic heterocycles. The van der Waals surface area contributed by atoms with Crippen LogP contribution in [0.2, 0.25) is 5.02 Å². The normalized spacial score (nSPS) is 12.3. The number of nitrogens with zero attached hydrogens (tertiary/aromatic N) is 1. The van der Waals surface area contributed by atoms with Gasteiger partial charge in [-0.2, -0.15) is 0 Å². The number of benzene rings is 2. The van der Waals surface area contributed by atoms with Crippen LogP contribution >= 0.6 is 11.6 Å². The third-order valence-corrected chi connectivity index (χ3v) is 5.77. The van der Waals surface area contributed by atoms with E-state index in [1.165, 1.54) is 6.92 Å². The molecule has 2 rings (SSSR count). The standard InChI is InChI=1S/C19H23ClN2O4S/c1-13-5-8-16(11-18(13)20)22(27(4,24)25)14(2)19(23)21-12-15-6-9-17(26-3)10-7-15/h5-11,14H,12H2,1-4H3,(H,21,23)/t14-/m0/s1. The molecule has 0 heterocycles. The predicted octanol–water partition coefficient (Wildman–Crippen LogP) is 3.13. The Hall–Kier alpha value is -2.25. The summed E-state index contributed by atoms with van der Waals surface area (Å²) < 4.78 is 30.8. The van der Waals surface area contributed by atoms with Gasteiger partial charge in [0.05, 0.1) is 19.1 Å². The van der Waals surface area contributed by atoms with Crippen LogP contribution in [0, 0.1) is 6.92 Å². The van der Waals surface area contributed by atoms with E-state index in [0.717, 1.165) is 27.4 Å². The van der Waals surface area contributed by atoms with Crippen molar-refractivity contribution >= 4 is 33.2 Å². The molecule has 6 nitrogen and oxygen atoms in total. The number of hydrogen-bond donors (Lipinski definition) is 1. The Bertz CT molecular complexity index is 914. The van der Waals surface area contributed by atoms with Gasteiger partial charge in [0.2, 0.25) is 15.9 Å². The lowest BCUT2D eigenvalue weighted by molar-refractivity contribution is -0.122. The molecule has 27 heavy (non-hydrogen) atoms. The minimum absolute atomic E-state index is 0.277. The second kappa shape index (κ2) is 8.63. The lowest BCUT2D eigenvalue weighted by Crippen LogP contribution is -2.47. The van der Waals surface area contributed by atoms with Gasteiger partial charge < -0.3 is 10.1 Å². The molecule has 0 saturated carbocycles. The van der Waals surface area contributed by atoms with E-state index in [9.17, 15) is 13.2 Å². The molecule has 0 radical (unpaired) electrons. The molecule has 0 aliphatic carbocycles. The van der Waals surface area contributed by atoms with Crippen molar-refractivity contribution in [2.75, 3.05) is 17.7 Å². The first kappa shape index (κ1) is 21.1. The van der Waals surface area contributed by atoms with Crippen molar-refractivity contribution in [3.8, 4) is 5.75 Å². The Balaban J connectivity index is 2.17. The Morgan fingerprint density at radius 3 is 2.37 bits per heavy atom. The molecule has 0 bridgehead atoms. The first-order valence-electron chi connectivity index (χ1n) is 8.29. The van der Waals surface area contributed by atoms with E-state index in [1.807, 2.05) is 19.1 Å². The Morgan fingerprint density at radius 2 is 1.85 bits per heavy atom. The van der Waals surface area contributed by atoms with Gasteiger partial charge in [-0.3, -0.25) is 9.10 Å². The fourth-order valence-electron chi connectivity index (χ4n) is 2.61. The number of anilines is 1. The number of rotatable bonds is 7. The van der Waals surface area contributed by atoms with Gasteiger partial charge in [0.15, 0.2) is 0 Å². The van der Waals surface area contributed by atoms with Crippen LogP contribution in [0.1, 0.15) is 18.1 Å². The number of aryl methyl sites for hydroxylation is 1. The summed E-state index contributed by atoms with van der Waals surface area (Å²) in [5.41, 5.74) is 2.05. The minimum Gasteiger partial charge on any atom is -0.497 e. The van der Waals surface area contributed by atoms with Crippen LogP contribution in [-0.2, 0) is 21.4 Å². The van der Waals surface area contributed by atoms with Gasteiger partial charge in [-0.25, -0.2) is 8.42 Å². The van der Waals surface area contributed by atoms with E-state index < -0.39 is 22.0 Å². The highest BCUT2D eigenvalue weighted by Crippen LogP contribution is 2.26.